The number of nitrogens with zero attached hydrogens (tertiary/aromatic N) is 1. The summed E-state index contributed by atoms with van der Waals surface area (Å²) in [6.45, 7) is 7.86. The van der Waals surface area contributed by atoms with Crippen LogP contribution in [0.1, 0.15) is 38.4 Å². The van der Waals surface area contributed by atoms with Gasteiger partial charge in [0.25, 0.3) is 0 Å². The first-order chi connectivity index (χ1) is 8.66. The molecule has 1 aromatic rings. The Balaban J connectivity index is 1.86. The SMILES string of the molecule is CC1CCN(CC(C)C(O)c2ccccc2)CC1. The van der Waals surface area contributed by atoms with Gasteiger partial charge in [0.2, 0.25) is 0 Å². The molecule has 0 aromatic heterocycles. The summed E-state index contributed by atoms with van der Waals surface area (Å²) in [5.74, 6) is 1.16. The van der Waals surface area contributed by atoms with Crippen molar-refractivity contribution in [1.82, 2.24) is 4.90 Å². The smallest absolute Gasteiger partial charge is 0.0827 e. The van der Waals surface area contributed by atoms with Crippen LogP contribution in [0.5, 0.6) is 0 Å². The van der Waals surface area contributed by atoms with Gasteiger partial charge in [-0.1, -0.05) is 44.2 Å². The summed E-state index contributed by atoms with van der Waals surface area (Å²) in [6, 6.07) is 10.0. The van der Waals surface area contributed by atoms with Crippen LogP contribution in [0, 0.1) is 11.8 Å². The quantitative estimate of drug-likeness (QED) is 0.884. The summed E-state index contributed by atoms with van der Waals surface area (Å²) < 4.78 is 0. The van der Waals surface area contributed by atoms with Crippen LogP contribution in [0.3, 0.4) is 0 Å². The van der Waals surface area contributed by atoms with E-state index in [0.29, 0.717) is 5.92 Å². The molecular weight excluding hydrogens is 222 g/mol. The third-order valence-electron chi connectivity index (χ3n) is 4.10. The molecule has 1 aliphatic rings. The maximum Gasteiger partial charge on any atom is 0.0827 e. The number of aliphatic hydroxyl groups is 1. The van der Waals surface area contributed by atoms with E-state index in [4.69, 9.17) is 0 Å². The Morgan fingerprint density at radius 3 is 2.44 bits per heavy atom. The monoisotopic (exact) mass is 247 g/mol. The maximum atomic E-state index is 10.3. The zero-order valence-electron chi connectivity index (χ0n) is 11.5. The Labute approximate surface area is 111 Å². The predicted molar refractivity (Wildman–Crippen MR) is 75.4 cm³/mol. The van der Waals surface area contributed by atoms with E-state index in [1.807, 2.05) is 30.3 Å². The van der Waals surface area contributed by atoms with E-state index >= 15 is 0 Å². The van der Waals surface area contributed by atoms with Crippen molar-refractivity contribution < 1.29 is 5.11 Å². The molecule has 1 heterocycles. The lowest BCUT2D eigenvalue weighted by molar-refractivity contribution is 0.0765. The van der Waals surface area contributed by atoms with Crippen molar-refractivity contribution in [3.63, 3.8) is 0 Å². The van der Waals surface area contributed by atoms with Crippen LogP contribution in [0.25, 0.3) is 0 Å². The number of benzene rings is 1. The Bertz CT molecular complexity index is 343. The van der Waals surface area contributed by atoms with Gasteiger partial charge >= 0.3 is 0 Å². The van der Waals surface area contributed by atoms with Gasteiger partial charge < -0.3 is 10.0 Å². The minimum atomic E-state index is -0.342. The van der Waals surface area contributed by atoms with Crippen LogP contribution in [0.4, 0.5) is 0 Å². The van der Waals surface area contributed by atoms with Crippen molar-refractivity contribution in [2.24, 2.45) is 11.8 Å². The molecule has 0 bridgehead atoms. The molecule has 2 heteroatoms. The predicted octanol–water partition coefficient (Wildman–Crippen LogP) is 3.09. The van der Waals surface area contributed by atoms with Gasteiger partial charge in [0.05, 0.1) is 6.10 Å². The lowest BCUT2D eigenvalue weighted by atomic mass is 9.94. The minimum Gasteiger partial charge on any atom is -0.388 e. The summed E-state index contributed by atoms with van der Waals surface area (Å²) in [5.41, 5.74) is 1.04. The van der Waals surface area contributed by atoms with Crippen LogP contribution in [0.15, 0.2) is 30.3 Å². The van der Waals surface area contributed by atoms with Gasteiger partial charge in [0, 0.05) is 6.54 Å². The topological polar surface area (TPSA) is 23.5 Å². The van der Waals surface area contributed by atoms with Gasteiger partial charge in [-0.25, -0.2) is 0 Å². The molecule has 0 spiro atoms. The highest BCUT2D eigenvalue weighted by molar-refractivity contribution is 5.17. The Kier molecular flexibility index (Phi) is 4.79. The first-order valence-electron chi connectivity index (χ1n) is 7.12. The summed E-state index contributed by atoms with van der Waals surface area (Å²) in [6.07, 6.45) is 2.26. The number of piperidine rings is 1. The van der Waals surface area contributed by atoms with Gasteiger partial charge in [-0.15, -0.1) is 0 Å². The summed E-state index contributed by atoms with van der Waals surface area (Å²) in [4.78, 5) is 2.50. The third kappa shape index (κ3) is 3.56. The summed E-state index contributed by atoms with van der Waals surface area (Å²) in [5, 5.41) is 10.3. The molecule has 0 amide bonds. The van der Waals surface area contributed by atoms with Crippen molar-refractivity contribution in [3.8, 4) is 0 Å². The highest BCUT2D eigenvalue weighted by atomic mass is 16.3. The van der Waals surface area contributed by atoms with E-state index in [1.165, 1.54) is 25.9 Å². The zero-order chi connectivity index (χ0) is 13.0. The molecule has 1 fully saturated rings. The van der Waals surface area contributed by atoms with Crippen LogP contribution >= 0.6 is 0 Å². The van der Waals surface area contributed by atoms with E-state index in [-0.39, 0.29) is 6.10 Å². The molecule has 2 unspecified atom stereocenters. The second-order valence-corrected chi connectivity index (χ2v) is 5.82. The number of hydrogen-bond acceptors (Lipinski definition) is 2. The van der Waals surface area contributed by atoms with E-state index < -0.39 is 0 Å². The minimum absolute atomic E-state index is 0.292. The largest absolute Gasteiger partial charge is 0.388 e. The van der Waals surface area contributed by atoms with Crippen molar-refractivity contribution in [2.45, 2.75) is 32.8 Å². The van der Waals surface area contributed by atoms with Crippen molar-refractivity contribution in [2.75, 3.05) is 19.6 Å². The number of likely N-dealkylation sites (tertiary alicyclic amines) is 1. The zero-order valence-corrected chi connectivity index (χ0v) is 11.5. The molecule has 0 aliphatic carbocycles. The first kappa shape index (κ1) is 13.6. The number of aliphatic hydroxyl groups excluding tert-OH is 1. The third-order valence-corrected chi connectivity index (χ3v) is 4.10. The molecule has 1 aliphatic heterocycles. The lowest BCUT2D eigenvalue weighted by Gasteiger charge is -2.33. The van der Waals surface area contributed by atoms with Crippen molar-refractivity contribution in [1.29, 1.82) is 0 Å². The molecule has 18 heavy (non-hydrogen) atoms. The fourth-order valence-electron chi connectivity index (χ4n) is 2.73. The van der Waals surface area contributed by atoms with Crippen molar-refractivity contribution >= 4 is 0 Å². The molecule has 100 valence electrons. The van der Waals surface area contributed by atoms with Crippen LogP contribution in [0.2, 0.25) is 0 Å². The van der Waals surface area contributed by atoms with E-state index in [0.717, 1.165) is 18.0 Å². The second-order valence-electron chi connectivity index (χ2n) is 5.82. The van der Waals surface area contributed by atoms with E-state index in [9.17, 15) is 5.11 Å². The summed E-state index contributed by atoms with van der Waals surface area (Å²) >= 11 is 0. The van der Waals surface area contributed by atoms with Gasteiger partial charge in [0.1, 0.15) is 0 Å². The Morgan fingerprint density at radius 1 is 1.22 bits per heavy atom. The average molecular weight is 247 g/mol. The average Bonchev–Trinajstić information content (AvgIpc) is 2.41. The first-order valence-corrected chi connectivity index (χ1v) is 7.12. The Morgan fingerprint density at radius 2 is 1.83 bits per heavy atom. The molecule has 0 saturated carbocycles. The fourth-order valence-corrected chi connectivity index (χ4v) is 2.73. The highest BCUT2D eigenvalue weighted by Gasteiger charge is 2.22. The molecule has 2 nitrogen and oxygen atoms in total. The van der Waals surface area contributed by atoms with E-state index in [1.54, 1.807) is 0 Å². The summed E-state index contributed by atoms with van der Waals surface area (Å²) in [7, 11) is 0. The molecule has 0 radical (unpaired) electrons. The molecular formula is C16H25NO. The van der Waals surface area contributed by atoms with Crippen LogP contribution in [-0.2, 0) is 0 Å². The molecule has 1 N–H and O–H groups in total. The maximum absolute atomic E-state index is 10.3. The number of rotatable bonds is 4. The van der Waals surface area contributed by atoms with Crippen molar-refractivity contribution in [3.05, 3.63) is 35.9 Å². The van der Waals surface area contributed by atoms with Gasteiger partial charge in [0.15, 0.2) is 0 Å². The number of hydrogen-bond donors (Lipinski definition) is 1. The normalized spacial score (nSPS) is 21.7. The highest BCUT2D eigenvalue weighted by Crippen LogP contribution is 2.24. The molecule has 2 atom stereocenters. The van der Waals surface area contributed by atoms with Crippen LogP contribution in [-0.4, -0.2) is 29.6 Å². The molecule has 1 aromatic carbocycles. The standard InChI is InChI=1S/C16H25NO/c1-13-8-10-17(11-9-13)12-14(2)16(18)15-6-4-3-5-7-15/h3-7,13-14,16,18H,8-12H2,1-2H3. The molecule has 2 rings (SSSR count). The van der Waals surface area contributed by atoms with E-state index in [2.05, 4.69) is 18.7 Å². The molecule has 1 saturated heterocycles. The van der Waals surface area contributed by atoms with Gasteiger partial charge in [-0.3, -0.25) is 0 Å². The lowest BCUT2D eigenvalue weighted by Crippen LogP contribution is -2.37. The van der Waals surface area contributed by atoms with Gasteiger partial charge in [-0.2, -0.15) is 0 Å². The fraction of sp³-hybridized carbons (Fsp3) is 0.625. The Hall–Kier alpha value is -0.860. The van der Waals surface area contributed by atoms with Crippen LogP contribution < -0.4 is 0 Å². The van der Waals surface area contributed by atoms with Gasteiger partial charge in [-0.05, 0) is 43.3 Å². The second kappa shape index (κ2) is 6.35.